The molecule has 9 heteroatoms. The van der Waals surface area contributed by atoms with E-state index in [-0.39, 0.29) is 37.8 Å². The van der Waals surface area contributed by atoms with E-state index in [2.05, 4.69) is 6.92 Å². The van der Waals surface area contributed by atoms with E-state index in [1.807, 2.05) is 47.4 Å². The van der Waals surface area contributed by atoms with Crippen molar-refractivity contribution in [1.29, 1.82) is 0 Å². The van der Waals surface area contributed by atoms with Crippen LogP contribution < -0.4 is 14.2 Å². The number of aliphatic hydroxyl groups is 1. The Morgan fingerprint density at radius 1 is 1.10 bits per heavy atom. The number of hydrogen-bond donors (Lipinski definition) is 2. The fourth-order valence-electron chi connectivity index (χ4n) is 5.79. The summed E-state index contributed by atoms with van der Waals surface area (Å²) in [5, 5.41) is 19.8. The van der Waals surface area contributed by atoms with Gasteiger partial charge in [0.2, 0.25) is 12.7 Å². The van der Waals surface area contributed by atoms with Crippen molar-refractivity contribution in [3.05, 3.63) is 53.6 Å². The van der Waals surface area contributed by atoms with E-state index in [1.54, 1.807) is 12.0 Å². The predicted octanol–water partition coefficient (Wildman–Crippen LogP) is 3.54. The summed E-state index contributed by atoms with van der Waals surface area (Å²) in [7, 11) is 1.63. The lowest BCUT2D eigenvalue weighted by Crippen LogP contribution is -2.45. The van der Waals surface area contributed by atoms with E-state index in [9.17, 15) is 19.8 Å². The van der Waals surface area contributed by atoms with Gasteiger partial charge in [0, 0.05) is 38.2 Å². The lowest BCUT2D eigenvalue weighted by atomic mass is 9.83. The van der Waals surface area contributed by atoms with Crippen LogP contribution in [0.15, 0.2) is 42.5 Å². The number of likely N-dealkylation sites (tertiary alicyclic amines) is 1. The Labute approximate surface area is 230 Å². The number of para-hydroxylation sites is 1. The fraction of sp³-hybridized carbons (Fsp3) is 0.533. The molecule has 0 saturated carbocycles. The van der Waals surface area contributed by atoms with Gasteiger partial charge in [-0.1, -0.05) is 37.6 Å². The monoisotopic (exact) mass is 540 g/mol. The van der Waals surface area contributed by atoms with Crippen molar-refractivity contribution in [2.24, 2.45) is 5.92 Å². The number of nitrogens with zero attached hydrogens (tertiary/aromatic N) is 2. The zero-order valence-corrected chi connectivity index (χ0v) is 22.9. The summed E-state index contributed by atoms with van der Waals surface area (Å²) in [6, 6.07) is 13.0. The fourth-order valence-corrected chi connectivity index (χ4v) is 5.79. The van der Waals surface area contributed by atoms with Gasteiger partial charge in [-0.05, 0) is 55.0 Å². The number of carbonyl (C=O) groups excluding carboxylic acids is 1. The largest absolute Gasteiger partial charge is 0.496 e. The lowest BCUT2D eigenvalue weighted by Gasteiger charge is -2.30. The molecule has 2 aliphatic rings. The molecule has 0 radical (unpaired) electrons. The standard InChI is InChI=1S/C30H40N2O7/c1-3-4-14-31(15-7-16-33)28(34)19-32-18-23(22-11-13-26-27(17-22)39-20-38-26)29(30(35)36)24(32)12-10-21-8-5-6-9-25(21)37-2/h5-6,8-9,11,13,17,23-24,29,33H,3-4,7,10,12,14-16,18-20H2,1-2H3,(H,35,36)/t23-,24+,29-/m1/s1. The first-order chi connectivity index (χ1) is 19.0. The van der Waals surface area contributed by atoms with Gasteiger partial charge in [-0.2, -0.15) is 0 Å². The summed E-state index contributed by atoms with van der Waals surface area (Å²) in [6.07, 6.45) is 3.55. The average Bonchev–Trinajstić information content (AvgIpc) is 3.56. The van der Waals surface area contributed by atoms with E-state index in [4.69, 9.17) is 14.2 Å². The van der Waals surface area contributed by atoms with Crippen molar-refractivity contribution in [2.45, 2.75) is 51.0 Å². The minimum Gasteiger partial charge on any atom is -0.496 e. The number of aliphatic hydroxyl groups excluding tert-OH is 1. The Morgan fingerprint density at radius 3 is 2.62 bits per heavy atom. The summed E-state index contributed by atoms with van der Waals surface area (Å²) in [6.45, 7) is 3.95. The Bertz CT molecular complexity index is 1120. The second-order valence-electron chi connectivity index (χ2n) is 10.2. The van der Waals surface area contributed by atoms with Crippen LogP contribution in [-0.2, 0) is 16.0 Å². The van der Waals surface area contributed by atoms with E-state index in [0.717, 1.165) is 29.7 Å². The number of carbonyl (C=O) groups is 2. The van der Waals surface area contributed by atoms with E-state index < -0.39 is 11.9 Å². The van der Waals surface area contributed by atoms with Gasteiger partial charge >= 0.3 is 5.97 Å². The zero-order valence-electron chi connectivity index (χ0n) is 22.9. The second-order valence-corrected chi connectivity index (χ2v) is 10.2. The third-order valence-corrected chi connectivity index (χ3v) is 7.82. The Hall–Kier alpha value is -3.30. The van der Waals surface area contributed by atoms with Crippen molar-refractivity contribution in [3.8, 4) is 17.2 Å². The van der Waals surface area contributed by atoms with Gasteiger partial charge in [0.25, 0.3) is 0 Å². The van der Waals surface area contributed by atoms with Crippen LogP contribution in [0, 0.1) is 5.92 Å². The number of amides is 1. The zero-order chi connectivity index (χ0) is 27.8. The number of ether oxygens (including phenoxy) is 3. The highest BCUT2D eigenvalue weighted by Gasteiger charge is 2.47. The molecule has 2 heterocycles. The molecule has 9 nitrogen and oxygen atoms in total. The van der Waals surface area contributed by atoms with Gasteiger partial charge in [0.1, 0.15) is 5.75 Å². The van der Waals surface area contributed by atoms with Crippen molar-refractivity contribution in [3.63, 3.8) is 0 Å². The van der Waals surface area contributed by atoms with Gasteiger partial charge in [0.15, 0.2) is 11.5 Å². The number of benzene rings is 2. The molecule has 212 valence electrons. The Kier molecular flexibility index (Phi) is 10.1. The van der Waals surface area contributed by atoms with Crippen molar-refractivity contribution in [1.82, 2.24) is 9.80 Å². The first kappa shape index (κ1) is 28.7. The molecule has 1 saturated heterocycles. The second kappa shape index (κ2) is 13.7. The van der Waals surface area contributed by atoms with Gasteiger partial charge in [0.05, 0.1) is 19.6 Å². The summed E-state index contributed by atoms with van der Waals surface area (Å²) in [4.78, 5) is 30.1. The van der Waals surface area contributed by atoms with Crippen LogP contribution in [0.4, 0.5) is 0 Å². The van der Waals surface area contributed by atoms with E-state index in [1.165, 1.54) is 0 Å². The molecule has 1 amide bonds. The van der Waals surface area contributed by atoms with Gasteiger partial charge < -0.3 is 29.3 Å². The third-order valence-electron chi connectivity index (χ3n) is 7.82. The number of hydrogen-bond acceptors (Lipinski definition) is 7. The van der Waals surface area contributed by atoms with Crippen LogP contribution in [0.5, 0.6) is 17.2 Å². The van der Waals surface area contributed by atoms with Gasteiger partial charge in [-0.25, -0.2) is 0 Å². The number of aryl methyl sites for hydroxylation is 1. The molecular weight excluding hydrogens is 500 g/mol. The molecule has 2 aromatic rings. The molecule has 2 N–H and O–H groups in total. The van der Waals surface area contributed by atoms with Gasteiger partial charge in [-0.15, -0.1) is 0 Å². The SMILES string of the molecule is CCCCN(CCCO)C(=O)CN1C[C@H](c2ccc3c(c2)OCO3)[C@@H](C(=O)O)[C@@H]1CCc1ccccc1OC. The minimum atomic E-state index is -0.874. The smallest absolute Gasteiger partial charge is 0.308 e. The number of fused-ring (bicyclic) bond motifs is 1. The molecule has 0 spiro atoms. The highest BCUT2D eigenvalue weighted by molar-refractivity contribution is 5.79. The summed E-state index contributed by atoms with van der Waals surface area (Å²) >= 11 is 0. The number of aliphatic carboxylic acids is 1. The summed E-state index contributed by atoms with van der Waals surface area (Å²) in [5.74, 6) is 0.121. The van der Waals surface area contributed by atoms with Crippen molar-refractivity contribution in [2.75, 3.05) is 46.7 Å². The van der Waals surface area contributed by atoms with Crippen molar-refractivity contribution < 1.29 is 34.0 Å². The lowest BCUT2D eigenvalue weighted by molar-refractivity contribution is -0.143. The summed E-state index contributed by atoms with van der Waals surface area (Å²) in [5.41, 5.74) is 1.88. The number of carboxylic acid groups (broad SMARTS) is 1. The van der Waals surface area contributed by atoms with Crippen LogP contribution in [0.1, 0.15) is 49.7 Å². The molecule has 0 unspecified atom stereocenters. The maximum Gasteiger partial charge on any atom is 0.308 e. The van der Waals surface area contributed by atoms with Crippen LogP contribution in [0.25, 0.3) is 0 Å². The quantitative estimate of drug-likeness (QED) is 0.375. The maximum atomic E-state index is 13.5. The molecular formula is C30H40N2O7. The number of methoxy groups -OCH3 is 1. The average molecular weight is 541 g/mol. The molecule has 2 aliphatic heterocycles. The molecule has 39 heavy (non-hydrogen) atoms. The predicted molar refractivity (Wildman–Crippen MR) is 146 cm³/mol. The van der Waals surface area contributed by atoms with Crippen LogP contribution in [0.3, 0.4) is 0 Å². The van der Waals surface area contributed by atoms with Crippen molar-refractivity contribution >= 4 is 11.9 Å². The maximum absolute atomic E-state index is 13.5. The third kappa shape index (κ3) is 6.83. The molecule has 0 aromatic heterocycles. The minimum absolute atomic E-state index is 0.0223. The number of rotatable bonds is 14. The molecule has 0 bridgehead atoms. The summed E-state index contributed by atoms with van der Waals surface area (Å²) < 4.78 is 16.6. The normalized spacial score (nSPS) is 20.2. The molecule has 0 aliphatic carbocycles. The molecule has 2 aromatic carbocycles. The topological polar surface area (TPSA) is 109 Å². The van der Waals surface area contributed by atoms with Crippen LogP contribution in [-0.4, -0.2) is 84.6 Å². The Balaban J connectivity index is 1.61. The number of carboxylic acids is 1. The molecule has 3 atom stereocenters. The first-order valence-electron chi connectivity index (χ1n) is 13.8. The first-order valence-corrected chi connectivity index (χ1v) is 13.8. The van der Waals surface area contributed by atoms with Crippen LogP contribution in [0.2, 0.25) is 0 Å². The van der Waals surface area contributed by atoms with Gasteiger partial charge in [-0.3, -0.25) is 14.5 Å². The van der Waals surface area contributed by atoms with E-state index >= 15 is 0 Å². The molecule has 4 rings (SSSR count). The Morgan fingerprint density at radius 2 is 1.87 bits per heavy atom. The number of unbranched alkanes of at least 4 members (excludes halogenated alkanes) is 1. The highest BCUT2D eigenvalue weighted by Crippen LogP contribution is 2.43. The van der Waals surface area contributed by atoms with Crippen LogP contribution >= 0.6 is 0 Å². The molecule has 1 fully saturated rings. The van der Waals surface area contributed by atoms with E-state index in [0.29, 0.717) is 50.4 Å². The highest BCUT2D eigenvalue weighted by atomic mass is 16.7.